The third-order valence-corrected chi connectivity index (χ3v) is 8.70. The standard InChI is InChI=1S/C27H27Cl2N3O4S/c28-20-11-15(4-8-22(20)36-17-5-6-17)25(33)21(13-32-9-1-2-10-32)30-27(34)24-18-7-3-16-12-23(29)37-26(16)19(18)14-35-31-24/h3-4,7-8,11-12,17,21,25,33H,1-2,5-6,9-10,13-14H2,(H,30,34)/t21-,25-/m1/s1. The van der Waals surface area contributed by atoms with Crippen LogP contribution in [0.2, 0.25) is 9.36 Å². The van der Waals surface area contributed by atoms with Crippen LogP contribution in [0.25, 0.3) is 10.1 Å². The fourth-order valence-corrected chi connectivity index (χ4v) is 6.47. The molecule has 3 aliphatic rings. The molecule has 1 saturated carbocycles. The molecule has 0 spiro atoms. The summed E-state index contributed by atoms with van der Waals surface area (Å²) in [5.41, 5.74) is 2.42. The van der Waals surface area contributed by atoms with Gasteiger partial charge in [-0.2, -0.15) is 0 Å². The minimum Gasteiger partial charge on any atom is -0.489 e. The number of thiophene rings is 1. The van der Waals surface area contributed by atoms with Crippen LogP contribution in [0.3, 0.4) is 0 Å². The predicted molar refractivity (Wildman–Crippen MR) is 146 cm³/mol. The zero-order valence-electron chi connectivity index (χ0n) is 20.1. The highest BCUT2D eigenvalue weighted by atomic mass is 35.5. The number of rotatable bonds is 8. The molecule has 0 bridgehead atoms. The number of hydrogen-bond donors (Lipinski definition) is 2. The minimum absolute atomic E-state index is 0.192. The first-order valence-electron chi connectivity index (χ1n) is 12.5. The molecule has 3 heterocycles. The SMILES string of the molecule is O=C(N[C@H](CN1CCCC1)[C@H](O)c1ccc(OC2CC2)c(Cl)c1)C1=NOCc2c1ccc1cc(Cl)sc21. The van der Waals surface area contributed by atoms with Gasteiger partial charge < -0.3 is 24.9 Å². The van der Waals surface area contributed by atoms with E-state index in [9.17, 15) is 9.90 Å². The van der Waals surface area contributed by atoms with E-state index in [-0.39, 0.29) is 18.4 Å². The van der Waals surface area contributed by atoms with Gasteiger partial charge in [-0.05, 0) is 67.9 Å². The van der Waals surface area contributed by atoms with Crippen molar-refractivity contribution >= 4 is 56.2 Å². The number of aliphatic hydroxyl groups excluding tert-OH is 1. The molecule has 3 aromatic rings. The Kier molecular flexibility index (Phi) is 7.03. The molecule has 37 heavy (non-hydrogen) atoms. The Hall–Kier alpha value is -2.36. The number of oxime groups is 1. The maximum Gasteiger partial charge on any atom is 0.274 e. The van der Waals surface area contributed by atoms with Crippen LogP contribution < -0.4 is 10.1 Å². The zero-order chi connectivity index (χ0) is 25.5. The van der Waals surface area contributed by atoms with Crippen LogP contribution in [-0.4, -0.2) is 53.4 Å². The lowest BCUT2D eigenvalue weighted by Crippen LogP contribution is -2.49. The van der Waals surface area contributed by atoms with Gasteiger partial charge in [0.25, 0.3) is 5.91 Å². The number of ether oxygens (including phenoxy) is 1. The van der Waals surface area contributed by atoms with Crippen molar-refractivity contribution < 1.29 is 19.5 Å². The molecule has 1 amide bonds. The van der Waals surface area contributed by atoms with Crippen LogP contribution in [0.4, 0.5) is 0 Å². The lowest BCUT2D eigenvalue weighted by molar-refractivity contribution is -0.116. The summed E-state index contributed by atoms with van der Waals surface area (Å²) in [6, 6.07) is 10.5. The number of nitrogens with zero attached hydrogens (tertiary/aromatic N) is 2. The van der Waals surface area contributed by atoms with E-state index in [1.165, 1.54) is 11.3 Å². The van der Waals surface area contributed by atoms with Crippen molar-refractivity contribution in [2.75, 3.05) is 19.6 Å². The van der Waals surface area contributed by atoms with Crippen LogP contribution >= 0.6 is 34.5 Å². The van der Waals surface area contributed by atoms with Crippen LogP contribution in [0.1, 0.15) is 48.5 Å². The second kappa shape index (κ2) is 10.4. The molecule has 0 unspecified atom stereocenters. The second-order valence-electron chi connectivity index (χ2n) is 9.81. The van der Waals surface area contributed by atoms with Crippen molar-refractivity contribution in [3.8, 4) is 5.75 Å². The number of nitrogens with one attached hydrogen (secondary N) is 1. The number of hydrogen-bond acceptors (Lipinski definition) is 7. The van der Waals surface area contributed by atoms with Gasteiger partial charge in [-0.25, -0.2) is 0 Å². The average molecular weight is 561 g/mol. The number of benzene rings is 2. The van der Waals surface area contributed by atoms with Crippen LogP contribution in [-0.2, 0) is 16.2 Å². The van der Waals surface area contributed by atoms with E-state index < -0.39 is 18.1 Å². The van der Waals surface area contributed by atoms with Gasteiger partial charge in [0, 0.05) is 22.4 Å². The smallest absolute Gasteiger partial charge is 0.274 e. The third-order valence-electron chi connectivity index (χ3n) is 7.06. The number of carbonyl (C=O) groups excluding carboxylic acids is 1. The van der Waals surface area contributed by atoms with Gasteiger partial charge >= 0.3 is 0 Å². The molecular weight excluding hydrogens is 533 g/mol. The van der Waals surface area contributed by atoms with Gasteiger partial charge in [-0.1, -0.05) is 46.6 Å². The highest BCUT2D eigenvalue weighted by Gasteiger charge is 2.32. The maximum atomic E-state index is 13.6. The Bertz CT molecular complexity index is 1370. The first-order valence-corrected chi connectivity index (χ1v) is 14.1. The maximum absolute atomic E-state index is 13.6. The highest BCUT2D eigenvalue weighted by Crippen LogP contribution is 2.36. The first kappa shape index (κ1) is 24.9. The number of likely N-dealkylation sites (tertiary alicyclic amines) is 1. The fourth-order valence-electron chi connectivity index (χ4n) is 4.97. The van der Waals surface area contributed by atoms with E-state index in [2.05, 4.69) is 15.4 Å². The molecule has 1 aromatic heterocycles. The van der Waals surface area contributed by atoms with E-state index >= 15 is 0 Å². The summed E-state index contributed by atoms with van der Waals surface area (Å²) in [7, 11) is 0. The van der Waals surface area contributed by atoms with E-state index in [1.807, 2.05) is 24.3 Å². The van der Waals surface area contributed by atoms with Crippen molar-refractivity contribution in [2.45, 2.75) is 50.5 Å². The van der Waals surface area contributed by atoms with E-state index in [0.29, 0.717) is 32.8 Å². The molecule has 2 atom stereocenters. The quantitative estimate of drug-likeness (QED) is 0.391. The number of halogens is 2. The van der Waals surface area contributed by atoms with E-state index in [0.717, 1.165) is 54.4 Å². The average Bonchev–Trinajstić information content (AvgIpc) is 3.39. The molecule has 0 radical (unpaired) electrons. The zero-order valence-corrected chi connectivity index (χ0v) is 22.4. The van der Waals surface area contributed by atoms with Gasteiger partial charge in [-0.3, -0.25) is 4.79 Å². The first-order chi connectivity index (χ1) is 18.0. The molecule has 1 aliphatic carbocycles. The summed E-state index contributed by atoms with van der Waals surface area (Å²) in [6.07, 6.45) is 3.52. The molecule has 2 fully saturated rings. The largest absolute Gasteiger partial charge is 0.489 e. The lowest BCUT2D eigenvalue weighted by Gasteiger charge is -2.29. The van der Waals surface area contributed by atoms with Gasteiger partial charge in [0.1, 0.15) is 18.5 Å². The van der Waals surface area contributed by atoms with Crippen molar-refractivity contribution in [3.63, 3.8) is 0 Å². The molecule has 2 N–H and O–H groups in total. The summed E-state index contributed by atoms with van der Waals surface area (Å²) < 4.78 is 7.50. The highest BCUT2D eigenvalue weighted by molar-refractivity contribution is 7.22. The molecule has 1 saturated heterocycles. The summed E-state index contributed by atoms with van der Waals surface area (Å²) in [5.74, 6) is 0.219. The van der Waals surface area contributed by atoms with Crippen LogP contribution in [0.5, 0.6) is 5.75 Å². The van der Waals surface area contributed by atoms with E-state index in [1.54, 1.807) is 12.1 Å². The molecule has 7 nitrogen and oxygen atoms in total. The number of aliphatic hydroxyl groups is 1. The van der Waals surface area contributed by atoms with Crippen molar-refractivity contribution in [2.24, 2.45) is 5.16 Å². The normalized spacial score (nSPS) is 19.2. The topological polar surface area (TPSA) is 83.4 Å². The monoisotopic (exact) mass is 559 g/mol. The molecule has 10 heteroatoms. The van der Waals surface area contributed by atoms with Crippen LogP contribution in [0.15, 0.2) is 41.6 Å². The number of fused-ring (bicyclic) bond motifs is 3. The summed E-state index contributed by atoms with van der Waals surface area (Å²) in [5, 5.41) is 20.0. The Morgan fingerprint density at radius 3 is 2.78 bits per heavy atom. The Morgan fingerprint density at radius 1 is 1.22 bits per heavy atom. The fraction of sp³-hybridized carbons (Fsp3) is 0.407. The molecule has 194 valence electrons. The summed E-state index contributed by atoms with van der Waals surface area (Å²) in [4.78, 5) is 21.3. The Balaban J connectivity index is 1.25. The lowest BCUT2D eigenvalue weighted by atomic mass is 9.98. The molecule has 2 aliphatic heterocycles. The second-order valence-corrected chi connectivity index (χ2v) is 11.9. The molecular formula is C27H27Cl2N3O4S. The van der Waals surface area contributed by atoms with Crippen molar-refractivity contribution in [1.29, 1.82) is 0 Å². The number of amides is 1. The Morgan fingerprint density at radius 2 is 2.03 bits per heavy atom. The molecule has 6 rings (SSSR count). The molecule has 2 aromatic carbocycles. The summed E-state index contributed by atoms with van der Waals surface area (Å²) >= 11 is 14.2. The van der Waals surface area contributed by atoms with Gasteiger partial charge in [0.2, 0.25) is 0 Å². The van der Waals surface area contributed by atoms with Gasteiger partial charge in [-0.15, -0.1) is 11.3 Å². The third kappa shape index (κ3) is 5.31. The van der Waals surface area contributed by atoms with E-state index in [4.69, 9.17) is 32.8 Å². The van der Waals surface area contributed by atoms with Crippen LogP contribution in [0, 0.1) is 0 Å². The Labute approximate surface area is 228 Å². The van der Waals surface area contributed by atoms with Gasteiger partial charge in [0.15, 0.2) is 5.71 Å². The predicted octanol–water partition coefficient (Wildman–Crippen LogP) is 5.30. The summed E-state index contributed by atoms with van der Waals surface area (Å²) in [6.45, 7) is 2.63. The van der Waals surface area contributed by atoms with Crippen molar-refractivity contribution in [1.82, 2.24) is 10.2 Å². The number of carbonyl (C=O) groups is 1. The van der Waals surface area contributed by atoms with Gasteiger partial charge in [0.05, 0.1) is 21.5 Å². The minimum atomic E-state index is -0.972. The van der Waals surface area contributed by atoms with Crippen molar-refractivity contribution in [3.05, 3.63) is 62.4 Å².